The Morgan fingerprint density at radius 3 is 2.67 bits per heavy atom. The van der Waals surface area contributed by atoms with Crippen molar-refractivity contribution in [3.63, 3.8) is 0 Å². The van der Waals surface area contributed by atoms with Gasteiger partial charge in [0.05, 0.1) is 16.6 Å². The van der Waals surface area contributed by atoms with Gasteiger partial charge in [-0.2, -0.15) is 0 Å². The number of hydrogen-bond acceptors (Lipinski definition) is 4. The van der Waals surface area contributed by atoms with Gasteiger partial charge >= 0.3 is 0 Å². The number of amides is 1. The molecule has 0 aliphatic heterocycles. The van der Waals surface area contributed by atoms with Crippen LogP contribution in [0.1, 0.15) is 0 Å². The second-order valence-electron chi connectivity index (χ2n) is 4.80. The van der Waals surface area contributed by atoms with Crippen molar-refractivity contribution < 1.29 is 13.9 Å². The van der Waals surface area contributed by atoms with E-state index >= 15 is 0 Å². The number of carbonyl (C=O) groups is 1. The molecule has 0 atom stereocenters. The normalized spacial score (nSPS) is 10.6. The molecule has 1 heterocycles. The Bertz CT molecular complexity index is 921. The average Bonchev–Trinajstić information content (AvgIpc) is 2.55. The van der Waals surface area contributed by atoms with Gasteiger partial charge in [0.2, 0.25) is 5.88 Å². The number of carbonyl (C=O) groups excluding carboxylic acids is 1. The summed E-state index contributed by atoms with van der Waals surface area (Å²) in [5.74, 6) is -0.736. The molecule has 8 heteroatoms. The van der Waals surface area contributed by atoms with Gasteiger partial charge in [0, 0.05) is 8.95 Å². The molecule has 0 radical (unpaired) electrons. The highest BCUT2D eigenvalue weighted by Gasteiger charge is 2.11. The minimum absolute atomic E-state index is 0.0853. The van der Waals surface area contributed by atoms with E-state index in [1.165, 1.54) is 18.5 Å². The Labute approximate surface area is 153 Å². The number of ether oxygens (including phenoxy) is 1. The van der Waals surface area contributed by atoms with Gasteiger partial charge in [-0.05, 0) is 36.4 Å². The molecule has 122 valence electrons. The predicted octanol–water partition coefficient (Wildman–Crippen LogP) is 4.31. The van der Waals surface area contributed by atoms with Crippen LogP contribution < -0.4 is 10.1 Å². The molecule has 1 aromatic heterocycles. The average molecular weight is 455 g/mol. The third kappa shape index (κ3) is 3.88. The van der Waals surface area contributed by atoms with Gasteiger partial charge in [-0.25, -0.2) is 14.4 Å². The topological polar surface area (TPSA) is 64.1 Å². The van der Waals surface area contributed by atoms with Gasteiger partial charge in [-0.1, -0.05) is 31.9 Å². The van der Waals surface area contributed by atoms with Crippen LogP contribution in [0.2, 0.25) is 0 Å². The zero-order valence-corrected chi connectivity index (χ0v) is 15.3. The fraction of sp³-hybridized carbons (Fsp3) is 0.0625. The lowest BCUT2D eigenvalue weighted by Gasteiger charge is -2.09. The molecule has 3 aromatic rings. The number of benzene rings is 2. The summed E-state index contributed by atoms with van der Waals surface area (Å²) in [6, 6.07) is 9.83. The van der Waals surface area contributed by atoms with Gasteiger partial charge in [-0.3, -0.25) is 4.79 Å². The van der Waals surface area contributed by atoms with E-state index in [2.05, 4.69) is 47.1 Å². The van der Waals surface area contributed by atoms with Crippen LogP contribution in [0.15, 0.2) is 51.7 Å². The van der Waals surface area contributed by atoms with Crippen molar-refractivity contribution in [2.45, 2.75) is 0 Å². The van der Waals surface area contributed by atoms with Crippen LogP contribution in [0.25, 0.3) is 10.9 Å². The standard InChI is InChI=1S/C16H10Br2FN3O2/c17-9-1-3-13-11(5-9)16(21-8-20-13)24-7-15(23)22-14-4-2-10(18)6-12(14)19/h1-6,8H,7H2,(H,22,23). The summed E-state index contributed by atoms with van der Waals surface area (Å²) >= 11 is 6.53. The van der Waals surface area contributed by atoms with Crippen molar-refractivity contribution in [1.82, 2.24) is 9.97 Å². The molecule has 0 aliphatic rings. The number of nitrogens with zero attached hydrogens (tertiary/aromatic N) is 2. The van der Waals surface area contributed by atoms with Crippen LogP contribution in [0, 0.1) is 5.82 Å². The van der Waals surface area contributed by atoms with E-state index in [1.807, 2.05) is 12.1 Å². The monoisotopic (exact) mass is 453 g/mol. The Balaban J connectivity index is 1.71. The maximum absolute atomic E-state index is 13.7. The van der Waals surface area contributed by atoms with Gasteiger partial charge < -0.3 is 10.1 Å². The molecule has 0 bridgehead atoms. The number of nitrogens with one attached hydrogen (secondary N) is 1. The summed E-state index contributed by atoms with van der Waals surface area (Å²) in [7, 11) is 0. The van der Waals surface area contributed by atoms with E-state index in [1.54, 1.807) is 12.1 Å². The molecule has 0 aliphatic carbocycles. The van der Waals surface area contributed by atoms with E-state index in [-0.39, 0.29) is 18.2 Å². The largest absolute Gasteiger partial charge is 0.467 e. The van der Waals surface area contributed by atoms with Gasteiger partial charge in [0.15, 0.2) is 6.61 Å². The highest BCUT2D eigenvalue weighted by Crippen LogP contribution is 2.25. The molecule has 0 spiro atoms. The lowest BCUT2D eigenvalue weighted by atomic mass is 10.2. The van der Waals surface area contributed by atoms with Gasteiger partial charge in [-0.15, -0.1) is 0 Å². The number of halogens is 3. The Morgan fingerprint density at radius 2 is 1.88 bits per heavy atom. The van der Waals surface area contributed by atoms with Crippen LogP contribution in [0.3, 0.4) is 0 Å². The molecule has 2 aromatic carbocycles. The minimum Gasteiger partial charge on any atom is -0.467 e. The first-order valence-electron chi connectivity index (χ1n) is 6.81. The second kappa shape index (κ2) is 7.23. The maximum atomic E-state index is 13.7. The van der Waals surface area contributed by atoms with Crippen molar-refractivity contribution >= 4 is 54.4 Å². The zero-order chi connectivity index (χ0) is 17.1. The summed E-state index contributed by atoms with van der Waals surface area (Å²) < 4.78 is 20.6. The summed E-state index contributed by atoms with van der Waals surface area (Å²) in [6.45, 7) is -0.297. The van der Waals surface area contributed by atoms with Gasteiger partial charge in [0.25, 0.3) is 5.91 Å². The van der Waals surface area contributed by atoms with Crippen molar-refractivity contribution in [3.8, 4) is 5.88 Å². The number of aromatic nitrogens is 2. The van der Waals surface area contributed by atoms with Crippen molar-refractivity contribution in [2.75, 3.05) is 11.9 Å². The molecule has 3 rings (SSSR count). The van der Waals surface area contributed by atoms with Gasteiger partial charge in [0.1, 0.15) is 12.1 Å². The van der Waals surface area contributed by atoms with E-state index in [9.17, 15) is 9.18 Å². The summed E-state index contributed by atoms with van der Waals surface area (Å²) in [6.07, 6.45) is 1.36. The van der Waals surface area contributed by atoms with Crippen molar-refractivity contribution in [2.24, 2.45) is 0 Å². The lowest BCUT2D eigenvalue weighted by molar-refractivity contribution is -0.118. The zero-order valence-electron chi connectivity index (χ0n) is 12.1. The molecule has 1 amide bonds. The first-order chi connectivity index (χ1) is 11.5. The van der Waals surface area contributed by atoms with Crippen LogP contribution in [0.4, 0.5) is 10.1 Å². The van der Waals surface area contributed by atoms with Crippen molar-refractivity contribution in [1.29, 1.82) is 0 Å². The fourth-order valence-corrected chi connectivity index (χ4v) is 2.73. The van der Waals surface area contributed by atoms with E-state index < -0.39 is 11.7 Å². The molecule has 1 N–H and O–H groups in total. The Kier molecular flexibility index (Phi) is 5.06. The lowest BCUT2D eigenvalue weighted by Crippen LogP contribution is -2.21. The van der Waals surface area contributed by atoms with E-state index in [4.69, 9.17) is 4.74 Å². The van der Waals surface area contributed by atoms with Crippen LogP contribution in [0.5, 0.6) is 5.88 Å². The van der Waals surface area contributed by atoms with E-state index in [0.717, 1.165) is 4.47 Å². The summed E-state index contributed by atoms with van der Waals surface area (Å²) in [5.41, 5.74) is 0.782. The number of rotatable bonds is 4. The van der Waals surface area contributed by atoms with Crippen LogP contribution >= 0.6 is 31.9 Å². The second-order valence-corrected chi connectivity index (χ2v) is 6.63. The van der Waals surface area contributed by atoms with Crippen LogP contribution in [-0.4, -0.2) is 22.5 Å². The molecule has 5 nitrogen and oxygen atoms in total. The molecule has 24 heavy (non-hydrogen) atoms. The molecule has 0 fully saturated rings. The molecule has 0 unspecified atom stereocenters. The fourth-order valence-electron chi connectivity index (χ4n) is 2.03. The summed E-state index contributed by atoms with van der Waals surface area (Å²) in [4.78, 5) is 20.1. The Morgan fingerprint density at radius 1 is 1.12 bits per heavy atom. The molecular weight excluding hydrogens is 445 g/mol. The molecule has 0 saturated heterocycles. The van der Waals surface area contributed by atoms with Crippen molar-refractivity contribution in [3.05, 3.63) is 57.5 Å². The number of anilines is 1. The quantitative estimate of drug-likeness (QED) is 0.637. The SMILES string of the molecule is O=C(COc1ncnc2ccc(Br)cc12)Nc1ccc(Br)cc1F. The number of fused-ring (bicyclic) bond motifs is 1. The predicted molar refractivity (Wildman–Crippen MR) is 95.5 cm³/mol. The third-order valence-corrected chi connectivity index (χ3v) is 4.09. The first-order valence-corrected chi connectivity index (χ1v) is 8.39. The number of hydrogen-bond donors (Lipinski definition) is 1. The highest BCUT2D eigenvalue weighted by atomic mass is 79.9. The molecule has 0 saturated carbocycles. The molecular formula is C16H10Br2FN3O2. The first kappa shape index (κ1) is 16.8. The van der Waals surface area contributed by atoms with E-state index in [0.29, 0.717) is 15.4 Å². The minimum atomic E-state index is -0.533. The third-order valence-electron chi connectivity index (χ3n) is 3.11. The maximum Gasteiger partial charge on any atom is 0.262 e. The smallest absolute Gasteiger partial charge is 0.262 e. The highest BCUT2D eigenvalue weighted by molar-refractivity contribution is 9.10. The Hall–Kier alpha value is -2.06. The summed E-state index contributed by atoms with van der Waals surface area (Å²) in [5, 5.41) is 3.13. The van der Waals surface area contributed by atoms with Crippen LogP contribution in [-0.2, 0) is 4.79 Å².